The van der Waals surface area contributed by atoms with Crippen LogP contribution < -0.4 is 5.32 Å². The van der Waals surface area contributed by atoms with Crippen LogP contribution in [0.1, 0.15) is 30.4 Å². The summed E-state index contributed by atoms with van der Waals surface area (Å²) in [4.78, 5) is 2.46. The van der Waals surface area contributed by atoms with Gasteiger partial charge in [-0.15, -0.1) is 0 Å². The number of hydrogen-bond acceptors (Lipinski definition) is 3. The third kappa shape index (κ3) is 3.80. The number of hydrogen-bond donors (Lipinski definition) is 2. The Morgan fingerprint density at radius 3 is 2.94 bits per heavy atom. The SMILES string of the molecule is CN1CCCCC1CNCc1cccc(CO)c1. The number of likely N-dealkylation sites (N-methyl/N-ethyl adjacent to an activating group) is 1. The van der Waals surface area contributed by atoms with Crippen molar-refractivity contribution in [2.75, 3.05) is 20.1 Å². The van der Waals surface area contributed by atoms with E-state index in [0.29, 0.717) is 6.04 Å². The first-order valence-corrected chi connectivity index (χ1v) is 6.89. The fraction of sp³-hybridized carbons (Fsp3) is 0.600. The Morgan fingerprint density at radius 1 is 1.33 bits per heavy atom. The van der Waals surface area contributed by atoms with Gasteiger partial charge in [-0.25, -0.2) is 0 Å². The molecule has 2 N–H and O–H groups in total. The van der Waals surface area contributed by atoms with E-state index in [2.05, 4.69) is 29.4 Å². The number of nitrogens with one attached hydrogen (secondary N) is 1. The molecule has 0 aromatic heterocycles. The maximum absolute atomic E-state index is 9.10. The lowest BCUT2D eigenvalue weighted by atomic mass is 10.0. The largest absolute Gasteiger partial charge is 0.392 e. The van der Waals surface area contributed by atoms with Gasteiger partial charge < -0.3 is 15.3 Å². The van der Waals surface area contributed by atoms with E-state index in [-0.39, 0.29) is 6.61 Å². The molecule has 18 heavy (non-hydrogen) atoms. The van der Waals surface area contributed by atoms with Gasteiger partial charge in [0.2, 0.25) is 0 Å². The summed E-state index contributed by atoms with van der Waals surface area (Å²) in [5, 5.41) is 12.6. The van der Waals surface area contributed by atoms with Crippen LogP contribution in [0, 0.1) is 0 Å². The molecular weight excluding hydrogens is 224 g/mol. The molecule has 0 spiro atoms. The molecule has 1 atom stereocenters. The van der Waals surface area contributed by atoms with Crippen molar-refractivity contribution in [1.29, 1.82) is 0 Å². The molecule has 0 aliphatic carbocycles. The van der Waals surface area contributed by atoms with E-state index in [1.54, 1.807) is 0 Å². The van der Waals surface area contributed by atoms with Crippen LogP contribution in [0.15, 0.2) is 24.3 Å². The fourth-order valence-corrected chi connectivity index (χ4v) is 2.62. The van der Waals surface area contributed by atoms with Crippen molar-refractivity contribution in [1.82, 2.24) is 10.2 Å². The Labute approximate surface area is 110 Å². The lowest BCUT2D eigenvalue weighted by molar-refractivity contribution is 0.181. The van der Waals surface area contributed by atoms with Crippen LogP contribution in [-0.2, 0) is 13.2 Å². The van der Waals surface area contributed by atoms with E-state index >= 15 is 0 Å². The topological polar surface area (TPSA) is 35.5 Å². The summed E-state index contributed by atoms with van der Waals surface area (Å²) < 4.78 is 0. The Hall–Kier alpha value is -0.900. The van der Waals surface area contributed by atoms with E-state index in [0.717, 1.165) is 18.7 Å². The van der Waals surface area contributed by atoms with E-state index in [4.69, 9.17) is 5.11 Å². The molecule has 0 bridgehead atoms. The first-order valence-electron chi connectivity index (χ1n) is 6.89. The summed E-state index contributed by atoms with van der Waals surface area (Å²) in [6.45, 7) is 3.30. The molecule has 0 amide bonds. The lowest BCUT2D eigenvalue weighted by Gasteiger charge is -2.32. The normalized spacial score (nSPS) is 21.1. The average Bonchev–Trinajstić information content (AvgIpc) is 2.41. The van der Waals surface area contributed by atoms with Gasteiger partial charge >= 0.3 is 0 Å². The van der Waals surface area contributed by atoms with Gasteiger partial charge in [-0.3, -0.25) is 0 Å². The molecule has 2 rings (SSSR count). The van der Waals surface area contributed by atoms with Crippen molar-refractivity contribution in [2.45, 2.75) is 38.5 Å². The highest BCUT2D eigenvalue weighted by atomic mass is 16.3. The van der Waals surface area contributed by atoms with E-state index < -0.39 is 0 Å². The summed E-state index contributed by atoms with van der Waals surface area (Å²) in [6, 6.07) is 8.82. The van der Waals surface area contributed by atoms with E-state index in [1.165, 1.54) is 31.4 Å². The smallest absolute Gasteiger partial charge is 0.0681 e. The molecule has 1 saturated heterocycles. The Kier molecular flexibility index (Phi) is 5.17. The molecule has 1 heterocycles. The maximum atomic E-state index is 9.10. The number of rotatable bonds is 5. The molecule has 0 radical (unpaired) electrons. The molecule has 3 nitrogen and oxygen atoms in total. The van der Waals surface area contributed by atoms with Gasteiger partial charge in [0, 0.05) is 19.1 Å². The number of nitrogens with zero attached hydrogens (tertiary/aromatic N) is 1. The third-order valence-electron chi connectivity index (χ3n) is 3.80. The molecule has 1 unspecified atom stereocenters. The fourth-order valence-electron chi connectivity index (χ4n) is 2.62. The van der Waals surface area contributed by atoms with Crippen molar-refractivity contribution in [3.8, 4) is 0 Å². The molecule has 0 saturated carbocycles. The van der Waals surface area contributed by atoms with Crippen molar-refractivity contribution in [2.24, 2.45) is 0 Å². The van der Waals surface area contributed by atoms with Crippen molar-refractivity contribution < 1.29 is 5.11 Å². The number of likely N-dealkylation sites (tertiary alicyclic amines) is 1. The second-order valence-electron chi connectivity index (χ2n) is 5.24. The zero-order valence-electron chi connectivity index (χ0n) is 11.2. The quantitative estimate of drug-likeness (QED) is 0.833. The molecular formula is C15H24N2O. The summed E-state index contributed by atoms with van der Waals surface area (Å²) >= 11 is 0. The van der Waals surface area contributed by atoms with E-state index in [1.807, 2.05) is 12.1 Å². The van der Waals surface area contributed by atoms with Crippen molar-refractivity contribution in [3.05, 3.63) is 35.4 Å². The molecule has 1 aromatic carbocycles. The van der Waals surface area contributed by atoms with Gasteiger partial charge in [0.1, 0.15) is 0 Å². The minimum absolute atomic E-state index is 0.124. The molecule has 1 aliphatic heterocycles. The zero-order chi connectivity index (χ0) is 12.8. The van der Waals surface area contributed by atoms with Gasteiger partial charge in [0.05, 0.1) is 6.61 Å². The minimum Gasteiger partial charge on any atom is -0.392 e. The standard InChI is InChI=1S/C15H24N2O/c1-17-8-3-2-7-15(17)11-16-10-13-5-4-6-14(9-13)12-18/h4-6,9,15-16,18H,2-3,7-8,10-12H2,1H3. The first kappa shape index (κ1) is 13.5. The van der Waals surface area contributed by atoms with Crippen LogP contribution in [-0.4, -0.2) is 36.2 Å². The van der Waals surface area contributed by atoms with Gasteiger partial charge in [0.25, 0.3) is 0 Å². The second kappa shape index (κ2) is 6.88. The molecule has 1 aliphatic rings. The highest BCUT2D eigenvalue weighted by molar-refractivity contribution is 5.22. The lowest BCUT2D eigenvalue weighted by Crippen LogP contribution is -2.42. The van der Waals surface area contributed by atoms with E-state index in [9.17, 15) is 0 Å². The van der Waals surface area contributed by atoms with Gasteiger partial charge in [0.15, 0.2) is 0 Å². The summed E-state index contributed by atoms with van der Waals surface area (Å²) in [6.07, 6.45) is 4.00. The number of benzene rings is 1. The highest BCUT2D eigenvalue weighted by Gasteiger charge is 2.17. The van der Waals surface area contributed by atoms with Crippen LogP contribution in [0.4, 0.5) is 0 Å². The average molecular weight is 248 g/mol. The maximum Gasteiger partial charge on any atom is 0.0681 e. The van der Waals surface area contributed by atoms with Gasteiger partial charge in [-0.2, -0.15) is 0 Å². The summed E-state index contributed by atoms with van der Waals surface area (Å²) in [7, 11) is 2.22. The summed E-state index contributed by atoms with van der Waals surface area (Å²) in [5.74, 6) is 0. The Bertz CT molecular complexity index is 367. The van der Waals surface area contributed by atoms with Crippen LogP contribution in [0.25, 0.3) is 0 Å². The van der Waals surface area contributed by atoms with Crippen LogP contribution >= 0.6 is 0 Å². The second-order valence-corrected chi connectivity index (χ2v) is 5.24. The molecule has 1 aromatic rings. The van der Waals surface area contributed by atoms with Crippen LogP contribution in [0.5, 0.6) is 0 Å². The molecule has 100 valence electrons. The van der Waals surface area contributed by atoms with Crippen molar-refractivity contribution >= 4 is 0 Å². The van der Waals surface area contributed by atoms with Crippen molar-refractivity contribution in [3.63, 3.8) is 0 Å². The molecule has 1 fully saturated rings. The number of piperidine rings is 1. The predicted molar refractivity (Wildman–Crippen MR) is 74.3 cm³/mol. The summed E-state index contributed by atoms with van der Waals surface area (Å²) in [5.41, 5.74) is 2.24. The first-order chi connectivity index (χ1) is 8.79. The monoisotopic (exact) mass is 248 g/mol. The minimum atomic E-state index is 0.124. The van der Waals surface area contributed by atoms with Crippen LogP contribution in [0.3, 0.4) is 0 Å². The van der Waals surface area contributed by atoms with Gasteiger partial charge in [-0.05, 0) is 37.6 Å². The number of aliphatic hydroxyl groups excluding tert-OH is 1. The Balaban J connectivity index is 1.77. The highest BCUT2D eigenvalue weighted by Crippen LogP contribution is 2.14. The Morgan fingerprint density at radius 2 is 2.17 bits per heavy atom. The predicted octanol–water partition coefficient (Wildman–Crippen LogP) is 1.75. The van der Waals surface area contributed by atoms with Crippen LogP contribution in [0.2, 0.25) is 0 Å². The molecule has 3 heteroatoms. The van der Waals surface area contributed by atoms with Gasteiger partial charge in [-0.1, -0.05) is 30.7 Å². The zero-order valence-corrected chi connectivity index (χ0v) is 11.2. The third-order valence-corrected chi connectivity index (χ3v) is 3.80. The number of aliphatic hydroxyl groups is 1.